The summed E-state index contributed by atoms with van der Waals surface area (Å²) in [4.78, 5) is 40.7. The topological polar surface area (TPSA) is 103 Å². The van der Waals surface area contributed by atoms with E-state index in [2.05, 4.69) is 5.32 Å². The van der Waals surface area contributed by atoms with Gasteiger partial charge in [0.2, 0.25) is 0 Å². The normalized spacial score (nSPS) is 12.1. The minimum absolute atomic E-state index is 0.0727. The van der Waals surface area contributed by atoms with Gasteiger partial charge < -0.3 is 15.2 Å². The second kappa shape index (κ2) is 12.0. The number of nitrogens with zero attached hydrogens (tertiary/aromatic N) is 2. The summed E-state index contributed by atoms with van der Waals surface area (Å²) in [5.41, 5.74) is -0.657. The Labute approximate surface area is 241 Å². The van der Waals surface area contributed by atoms with Crippen molar-refractivity contribution in [1.82, 2.24) is 14.5 Å². The molecule has 0 aliphatic heterocycles. The van der Waals surface area contributed by atoms with Crippen molar-refractivity contribution in [3.8, 4) is 16.9 Å². The zero-order chi connectivity index (χ0) is 29.9. The van der Waals surface area contributed by atoms with Crippen LogP contribution in [-0.4, -0.2) is 25.9 Å². The maximum absolute atomic E-state index is 14.8. The summed E-state index contributed by atoms with van der Waals surface area (Å²) in [7, 11) is 0. The number of ether oxygens (including phenoxy) is 1. The number of nitrogens with one attached hydrogen (secondary N) is 1. The van der Waals surface area contributed by atoms with Gasteiger partial charge in [-0.3, -0.25) is 13.9 Å². The van der Waals surface area contributed by atoms with Gasteiger partial charge in [-0.25, -0.2) is 14.0 Å². The molecule has 3 aromatic carbocycles. The lowest BCUT2D eigenvalue weighted by molar-refractivity contribution is 0.0497. The molecule has 1 heterocycles. The number of carbonyl (C=O) groups is 1. The zero-order valence-electron chi connectivity index (χ0n) is 23.2. The summed E-state index contributed by atoms with van der Waals surface area (Å²) in [5.74, 6) is -0.675. The number of amides is 1. The third-order valence-electron chi connectivity index (χ3n) is 6.46. The number of rotatable bonds is 7. The Morgan fingerprint density at radius 2 is 1.71 bits per heavy atom. The molecule has 0 aliphatic rings. The third-order valence-corrected chi connectivity index (χ3v) is 6.81. The van der Waals surface area contributed by atoms with Crippen LogP contribution in [0.5, 0.6) is 5.75 Å². The molecule has 0 spiro atoms. The van der Waals surface area contributed by atoms with E-state index in [1.54, 1.807) is 70.2 Å². The quantitative estimate of drug-likeness (QED) is 0.288. The van der Waals surface area contributed by atoms with Gasteiger partial charge in [-0.15, -0.1) is 0 Å². The molecule has 4 rings (SSSR count). The van der Waals surface area contributed by atoms with E-state index in [9.17, 15) is 23.9 Å². The van der Waals surface area contributed by atoms with Gasteiger partial charge in [0.05, 0.1) is 24.7 Å². The molecule has 2 N–H and O–H groups in total. The van der Waals surface area contributed by atoms with E-state index in [-0.39, 0.29) is 40.7 Å². The largest absolute Gasteiger partial charge is 0.508 e. The predicted molar refractivity (Wildman–Crippen MR) is 156 cm³/mol. The van der Waals surface area contributed by atoms with Crippen LogP contribution < -0.4 is 16.6 Å². The van der Waals surface area contributed by atoms with Crippen LogP contribution >= 0.6 is 11.6 Å². The van der Waals surface area contributed by atoms with Gasteiger partial charge in [0.1, 0.15) is 17.2 Å². The molecule has 1 atom stereocenters. The van der Waals surface area contributed by atoms with Crippen molar-refractivity contribution >= 4 is 17.7 Å². The Bertz CT molecular complexity index is 1670. The number of benzene rings is 3. The number of aromatic hydroxyl groups is 1. The van der Waals surface area contributed by atoms with Gasteiger partial charge >= 0.3 is 11.8 Å². The molecule has 0 radical (unpaired) electrons. The van der Waals surface area contributed by atoms with E-state index in [0.29, 0.717) is 11.1 Å². The van der Waals surface area contributed by atoms with Crippen LogP contribution in [-0.2, 0) is 17.8 Å². The van der Waals surface area contributed by atoms with Crippen molar-refractivity contribution < 1.29 is 19.0 Å². The van der Waals surface area contributed by atoms with Crippen LogP contribution in [0.1, 0.15) is 43.6 Å². The Morgan fingerprint density at radius 3 is 2.34 bits per heavy atom. The molecule has 0 saturated heterocycles. The van der Waals surface area contributed by atoms with Crippen LogP contribution in [0.2, 0.25) is 5.02 Å². The average molecular weight is 580 g/mol. The number of phenols is 1. The predicted octanol–water partition coefficient (Wildman–Crippen LogP) is 5.80. The van der Waals surface area contributed by atoms with Crippen molar-refractivity contribution in [2.24, 2.45) is 0 Å². The highest BCUT2D eigenvalue weighted by Crippen LogP contribution is 2.25. The monoisotopic (exact) mass is 579 g/mol. The number of carbonyl (C=O) groups excluding carboxylic acids is 1. The molecule has 4 aromatic rings. The molecular weight excluding hydrogens is 549 g/mol. The maximum Gasteiger partial charge on any atom is 0.408 e. The number of aromatic nitrogens is 2. The molecule has 1 aromatic heterocycles. The summed E-state index contributed by atoms with van der Waals surface area (Å²) in [6.07, 6.45) is -0.724. The molecule has 8 nitrogen and oxygen atoms in total. The van der Waals surface area contributed by atoms with E-state index in [1.165, 1.54) is 34.9 Å². The first-order valence-electron chi connectivity index (χ1n) is 13.0. The fourth-order valence-electron chi connectivity index (χ4n) is 4.54. The van der Waals surface area contributed by atoms with Crippen molar-refractivity contribution in [2.75, 3.05) is 0 Å². The molecule has 1 amide bonds. The Kier molecular flexibility index (Phi) is 8.68. The Hall–Kier alpha value is -4.37. The standard InChI is InChI=1S/C31H31ClFN3O5/c1-19-27(21-12-8-13-22(37)16-21)28(38)36(30(40)35(19)17-23-24(32)14-9-15-25(23)33)18-26(20-10-6-5-7-11-20)34-29(39)41-31(2,3)4/h5-16,26,37H,17-18H2,1-4H3,(H,34,39)/t26-/m0/s1. The van der Waals surface area contributed by atoms with Crippen LogP contribution in [0.3, 0.4) is 0 Å². The Balaban J connectivity index is 1.91. The van der Waals surface area contributed by atoms with E-state index >= 15 is 0 Å². The van der Waals surface area contributed by atoms with Gasteiger partial charge in [-0.05, 0) is 63.1 Å². The lowest BCUT2D eigenvalue weighted by Crippen LogP contribution is -2.46. The molecule has 10 heteroatoms. The van der Waals surface area contributed by atoms with Crippen LogP contribution in [0.4, 0.5) is 9.18 Å². The fraction of sp³-hybridized carbons (Fsp3) is 0.258. The number of phenolic OH excluding ortho intramolecular Hbond substituents is 1. The highest BCUT2D eigenvalue weighted by atomic mass is 35.5. The molecule has 41 heavy (non-hydrogen) atoms. The van der Waals surface area contributed by atoms with Crippen molar-refractivity contribution in [1.29, 1.82) is 0 Å². The molecule has 0 fully saturated rings. The van der Waals surface area contributed by atoms with Gasteiger partial charge in [0.15, 0.2) is 0 Å². The van der Waals surface area contributed by atoms with Crippen LogP contribution in [0.25, 0.3) is 11.1 Å². The number of hydrogen-bond donors (Lipinski definition) is 2. The molecular formula is C31H31ClFN3O5. The minimum atomic E-state index is -0.832. The minimum Gasteiger partial charge on any atom is -0.508 e. The van der Waals surface area contributed by atoms with Crippen molar-refractivity contribution in [3.63, 3.8) is 0 Å². The molecule has 214 valence electrons. The first-order valence-corrected chi connectivity index (χ1v) is 13.3. The SMILES string of the molecule is Cc1c(-c2cccc(O)c2)c(=O)n(C[C@H](NC(=O)OC(C)(C)C)c2ccccc2)c(=O)n1Cc1c(F)cccc1Cl. The second-order valence-corrected chi connectivity index (χ2v) is 11.0. The highest BCUT2D eigenvalue weighted by Gasteiger charge is 2.25. The van der Waals surface area contributed by atoms with E-state index < -0.39 is 34.8 Å². The lowest BCUT2D eigenvalue weighted by atomic mass is 10.0. The van der Waals surface area contributed by atoms with E-state index in [1.807, 2.05) is 0 Å². The molecule has 0 bridgehead atoms. The highest BCUT2D eigenvalue weighted by molar-refractivity contribution is 6.31. The summed E-state index contributed by atoms with van der Waals surface area (Å²) in [5, 5.41) is 13.0. The third kappa shape index (κ3) is 6.86. The summed E-state index contributed by atoms with van der Waals surface area (Å²) in [6, 6.07) is 18.3. The molecule has 0 aliphatic carbocycles. The van der Waals surface area contributed by atoms with E-state index in [0.717, 1.165) is 4.57 Å². The van der Waals surface area contributed by atoms with E-state index in [4.69, 9.17) is 16.3 Å². The second-order valence-electron chi connectivity index (χ2n) is 10.6. The number of alkyl carbamates (subject to hydrolysis) is 1. The molecule has 0 saturated carbocycles. The van der Waals surface area contributed by atoms with Gasteiger partial charge in [0, 0.05) is 16.3 Å². The van der Waals surface area contributed by atoms with Crippen LogP contribution in [0.15, 0.2) is 82.4 Å². The fourth-order valence-corrected chi connectivity index (χ4v) is 4.76. The van der Waals surface area contributed by atoms with Gasteiger partial charge in [-0.2, -0.15) is 0 Å². The molecule has 0 unspecified atom stereocenters. The number of halogens is 2. The average Bonchev–Trinajstić information content (AvgIpc) is 2.89. The van der Waals surface area contributed by atoms with Gasteiger partial charge in [0.25, 0.3) is 5.56 Å². The first-order chi connectivity index (χ1) is 19.4. The smallest absolute Gasteiger partial charge is 0.408 e. The summed E-state index contributed by atoms with van der Waals surface area (Å²) < 4.78 is 22.5. The van der Waals surface area contributed by atoms with Crippen molar-refractivity contribution in [2.45, 2.75) is 52.4 Å². The number of hydrogen-bond acceptors (Lipinski definition) is 5. The van der Waals surface area contributed by atoms with Crippen molar-refractivity contribution in [3.05, 3.63) is 121 Å². The first kappa shape index (κ1) is 29.6. The lowest BCUT2D eigenvalue weighted by Gasteiger charge is -2.25. The maximum atomic E-state index is 14.8. The summed E-state index contributed by atoms with van der Waals surface area (Å²) in [6.45, 7) is 6.25. The van der Waals surface area contributed by atoms with Gasteiger partial charge in [-0.1, -0.05) is 60.1 Å². The Morgan fingerprint density at radius 1 is 1.02 bits per heavy atom. The summed E-state index contributed by atoms with van der Waals surface area (Å²) >= 11 is 6.29. The van der Waals surface area contributed by atoms with Crippen LogP contribution in [0, 0.1) is 12.7 Å². The zero-order valence-corrected chi connectivity index (χ0v) is 23.9.